The third-order valence-electron chi connectivity index (χ3n) is 3.73. The lowest BCUT2D eigenvalue weighted by Gasteiger charge is -2.23. The fourth-order valence-electron chi connectivity index (χ4n) is 2.21. The first kappa shape index (κ1) is 20.2. The average molecular weight is 372 g/mol. The van der Waals surface area contributed by atoms with Crippen LogP contribution < -0.4 is 16.4 Å². The van der Waals surface area contributed by atoms with Crippen LogP contribution in [0.5, 0.6) is 0 Å². The zero-order chi connectivity index (χ0) is 19.9. The Kier molecular flexibility index (Phi) is 6.73. The summed E-state index contributed by atoms with van der Waals surface area (Å²) in [6.07, 6.45) is -0.532. The number of hydrogen-bond acceptors (Lipinski definition) is 6. The van der Waals surface area contributed by atoms with Gasteiger partial charge in [0.1, 0.15) is 11.4 Å². The second-order valence-corrected chi connectivity index (χ2v) is 6.55. The number of aromatic nitrogens is 1. The zero-order valence-electron chi connectivity index (χ0n) is 15.4. The topological polar surface area (TPSA) is 127 Å². The van der Waals surface area contributed by atoms with Crippen molar-refractivity contribution in [3.63, 3.8) is 0 Å². The van der Waals surface area contributed by atoms with Crippen molar-refractivity contribution in [1.29, 1.82) is 0 Å². The number of nitrogens with two attached hydrogens (primary N) is 1. The van der Waals surface area contributed by atoms with Crippen LogP contribution in [-0.4, -0.2) is 40.8 Å². The van der Waals surface area contributed by atoms with E-state index in [1.165, 1.54) is 0 Å². The highest BCUT2D eigenvalue weighted by atomic mass is 16.6. The lowest BCUT2D eigenvalue weighted by molar-refractivity contribution is 0.00292. The van der Waals surface area contributed by atoms with Gasteiger partial charge in [0.05, 0.1) is 5.56 Å². The van der Waals surface area contributed by atoms with Crippen molar-refractivity contribution >= 4 is 23.6 Å². The third kappa shape index (κ3) is 6.59. The monoisotopic (exact) mass is 372 g/mol. The van der Waals surface area contributed by atoms with Gasteiger partial charge in [-0.05, 0) is 50.2 Å². The van der Waals surface area contributed by atoms with E-state index in [9.17, 15) is 9.59 Å². The van der Waals surface area contributed by atoms with E-state index in [4.69, 9.17) is 15.6 Å². The first-order valence-corrected chi connectivity index (χ1v) is 8.52. The Labute approximate surface area is 157 Å². The number of amides is 1. The summed E-state index contributed by atoms with van der Waals surface area (Å²) in [7, 11) is 0. The smallest absolute Gasteiger partial charge is 0.410 e. The van der Waals surface area contributed by atoms with Gasteiger partial charge in [0.15, 0.2) is 0 Å². The predicted octanol–water partition coefficient (Wildman–Crippen LogP) is 2.72. The van der Waals surface area contributed by atoms with Crippen LogP contribution in [0.3, 0.4) is 0 Å². The van der Waals surface area contributed by atoms with Crippen molar-refractivity contribution in [2.75, 3.05) is 23.7 Å². The molecule has 0 aliphatic rings. The predicted molar refractivity (Wildman–Crippen MR) is 103 cm³/mol. The number of esters is 1. The van der Waals surface area contributed by atoms with Gasteiger partial charge in [-0.2, -0.15) is 0 Å². The molecule has 1 aromatic carbocycles. The van der Waals surface area contributed by atoms with Gasteiger partial charge in [0.25, 0.3) is 0 Å². The van der Waals surface area contributed by atoms with Gasteiger partial charge in [-0.15, -0.1) is 0 Å². The molecule has 2 rings (SSSR count). The molecule has 27 heavy (non-hydrogen) atoms. The minimum Gasteiger partial charge on any atom is -0.465 e. The van der Waals surface area contributed by atoms with Crippen LogP contribution in [0.15, 0.2) is 42.5 Å². The van der Waals surface area contributed by atoms with Crippen LogP contribution in [0.1, 0.15) is 29.9 Å². The van der Waals surface area contributed by atoms with Crippen LogP contribution in [0, 0.1) is 0 Å². The van der Waals surface area contributed by atoms with E-state index in [0.29, 0.717) is 24.3 Å². The van der Waals surface area contributed by atoms with Crippen LogP contribution in [0.25, 0.3) is 0 Å². The molecule has 8 nitrogen and oxygen atoms in total. The molecule has 0 bridgehead atoms. The van der Waals surface area contributed by atoms with Gasteiger partial charge < -0.3 is 20.9 Å². The number of pyridine rings is 1. The standard InChI is InChI=1S/C19H24N4O4/c1-19(2,12-20)27-17(24)13-6-8-14(9-7-13)21-11-10-15-4-3-5-16(22-15)23-18(25)26/h3-9,21H,10-12,20H2,1-2H3,(H,22,23)(H,25,26). The Balaban J connectivity index is 1.87. The van der Waals surface area contributed by atoms with Crippen molar-refractivity contribution in [2.24, 2.45) is 5.73 Å². The molecular weight excluding hydrogens is 348 g/mol. The summed E-state index contributed by atoms with van der Waals surface area (Å²) in [5.41, 5.74) is 6.93. The summed E-state index contributed by atoms with van der Waals surface area (Å²) < 4.78 is 5.35. The third-order valence-corrected chi connectivity index (χ3v) is 3.73. The van der Waals surface area contributed by atoms with Crippen molar-refractivity contribution < 1.29 is 19.4 Å². The number of nitrogens with one attached hydrogen (secondary N) is 2. The van der Waals surface area contributed by atoms with Crippen molar-refractivity contribution in [3.8, 4) is 0 Å². The lowest BCUT2D eigenvalue weighted by atomic mass is 10.1. The number of hydrogen-bond donors (Lipinski definition) is 4. The number of carbonyl (C=O) groups is 2. The molecule has 8 heteroatoms. The van der Waals surface area contributed by atoms with Gasteiger partial charge in [-0.25, -0.2) is 14.6 Å². The molecule has 0 aliphatic heterocycles. The number of anilines is 2. The molecule has 1 amide bonds. The molecule has 0 unspecified atom stereocenters. The summed E-state index contributed by atoms with van der Waals surface area (Å²) in [6.45, 7) is 4.37. The second-order valence-electron chi connectivity index (χ2n) is 6.55. The fourth-order valence-corrected chi connectivity index (χ4v) is 2.21. The van der Waals surface area contributed by atoms with Crippen molar-refractivity contribution in [2.45, 2.75) is 25.9 Å². The number of nitrogens with zero attached hydrogens (tertiary/aromatic N) is 1. The molecule has 5 N–H and O–H groups in total. The number of carboxylic acid groups (broad SMARTS) is 1. The highest BCUT2D eigenvalue weighted by Gasteiger charge is 2.21. The summed E-state index contributed by atoms with van der Waals surface area (Å²) in [4.78, 5) is 26.9. The maximum absolute atomic E-state index is 12.1. The molecule has 0 radical (unpaired) electrons. The summed E-state index contributed by atoms with van der Waals surface area (Å²) in [6, 6.07) is 12.1. The maximum atomic E-state index is 12.1. The average Bonchev–Trinajstić information content (AvgIpc) is 2.62. The maximum Gasteiger partial charge on any atom is 0.410 e. The number of carbonyl (C=O) groups excluding carboxylic acids is 1. The van der Waals surface area contributed by atoms with E-state index in [2.05, 4.69) is 15.6 Å². The Bertz CT molecular complexity index is 791. The molecule has 1 aromatic heterocycles. The minimum absolute atomic E-state index is 0.246. The van der Waals surface area contributed by atoms with E-state index in [0.717, 1.165) is 11.4 Å². The highest BCUT2D eigenvalue weighted by Crippen LogP contribution is 2.15. The first-order chi connectivity index (χ1) is 12.8. The number of benzene rings is 1. The zero-order valence-corrected chi connectivity index (χ0v) is 15.4. The molecule has 1 heterocycles. The fraction of sp³-hybridized carbons (Fsp3) is 0.316. The summed E-state index contributed by atoms with van der Waals surface area (Å²) in [5.74, 6) is -0.118. The largest absolute Gasteiger partial charge is 0.465 e. The van der Waals surface area contributed by atoms with Crippen LogP contribution >= 0.6 is 0 Å². The molecule has 0 spiro atoms. The SMILES string of the molecule is CC(C)(CN)OC(=O)c1ccc(NCCc2cccc(NC(=O)O)n2)cc1. The minimum atomic E-state index is -1.15. The van der Waals surface area contributed by atoms with Gasteiger partial charge in [-0.3, -0.25) is 5.32 Å². The Morgan fingerprint density at radius 2 is 1.89 bits per heavy atom. The molecule has 2 aromatic rings. The molecule has 0 atom stereocenters. The quantitative estimate of drug-likeness (QED) is 0.525. The van der Waals surface area contributed by atoms with E-state index in [1.54, 1.807) is 50.2 Å². The van der Waals surface area contributed by atoms with Crippen LogP contribution in [0.2, 0.25) is 0 Å². The second kappa shape index (κ2) is 9.00. The molecule has 0 saturated carbocycles. The van der Waals surface area contributed by atoms with E-state index in [1.807, 2.05) is 6.07 Å². The Morgan fingerprint density at radius 3 is 2.52 bits per heavy atom. The van der Waals surface area contributed by atoms with Gasteiger partial charge in [0.2, 0.25) is 0 Å². The van der Waals surface area contributed by atoms with Crippen LogP contribution in [0.4, 0.5) is 16.3 Å². The number of rotatable bonds is 8. The Morgan fingerprint density at radius 1 is 1.19 bits per heavy atom. The molecule has 144 valence electrons. The summed E-state index contributed by atoms with van der Waals surface area (Å²) in [5, 5.41) is 14.2. The molecular formula is C19H24N4O4. The normalized spacial score (nSPS) is 10.9. The van der Waals surface area contributed by atoms with Gasteiger partial charge in [-0.1, -0.05) is 6.07 Å². The number of ether oxygens (including phenoxy) is 1. The first-order valence-electron chi connectivity index (χ1n) is 8.52. The summed E-state index contributed by atoms with van der Waals surface area (Å²) >= 11 is 0. The van der Waals surface area contributed by atoms with E-state index >= 15 is 0 Å². The van der Waals surface area contributed by atoms with Gasteiger partial charge >= 0.3 is 12.1 Å². The van der Waals surface area contributed by atoms with E-state index < -0.39 is 17.7 Å². The lowest BCUT2D eigenvalue weighted by Crippen LogP contribution is -2.36. The molecule has 0 saturated heterocycles. The molecule has 0 aliphatic carbocycles. The molecule has 0 fully saturated rings. The van der Waals surface area contributed by atoms with Crippen LogP contribution in [-0.2, 0) is 11.2 Å². The van der Waals surface area contributed by atoms with E-state index in [-0.39, 0.29) is 6.54 Å². The highest BCUT2D eigenvalue weighted by molar-refractivity contribution is 5.90. The van der Waals surface area contributed by atoms with Crippen molar-refractivity contribution in [1.82, 2.24) is 4.98 Å². The van der Waals surface area contributed by atoms with Gasteiger partial charge in [0, 0.05) is 30.9 Å². The van der Waals surface area contributed by atoms with Crippen molar-refractivity contribution in [3.05, 3.63) is 53.7 Å². The Hall–Kier alpha value is -3.13.